The first-order valence-electron chi connectivity index (χ1n) is 17.2. The molecule has 0 unspecified atom stereocenters. The van der Waals surface area contributed by atoms with Crippen LogP contribution in [-0.4, -0.2) is 109 Å². The van der Waals surface area contributed by atoms with Crippen molar-refractivity contribution in [1.82, 2.24) is 0 Å². The van der Waals surface area contributed by atoms with Crippen LogP contribution in [0.4, 0.5) is 0 Å². The zero-order chi connectivity index (χ0) is 39.1. The lowest BCUT2D eigenvalue weighted by molar-refractivity contribution is -0.293. The molecule has 0 aromatic rings. The molecule has 18 nitrogen and oxygen atoms in total. The molecule has 2 aliphatic rings. The summed E-state index contributed by atoms with van der Waals surface area (Å²) >= 11 is 0. The van der Waals surface area contributed by atoms with Crippen LogP contribution in [0.1, 0.15) is 93.9 Å². The summed E-state index contributed by atoms with van der Waals surface area (Å²) in [7, 11) is 0. The summed E-state index contributed by atoms with van der Waals surface area (Å²) in [5, 5.41) is 0. The van der Waals surface area contributed by atoms with Gasteiger partial charge in [-0.25, -0.2) is 9.59 Å². The lowest BCUT2D eigenvalue weighted by Crippen LogP contribution is -2.61. The third kappa shape index (κ3) is 12.6. The largest absolute Gasteiger partial charge is 0.455 e. The van der Waals surface area contributed by atoms with Crippen molar-refractivity contribution >= 4 is 47.8 Å². The van der Waals surface area contributed by atoms with E-state index in [1.165, 1.54) is 41.5 Å². The SMILES string of the molecule is CCC(=O)O[C@H]1[C@H](OC(=O)CC)[C@H](OC(=O)/C=C/C(=O)O[C@@H]2O[C@@H](C)[C@@H](OC(=O)CC)[C@@H](OC(=O)CC)[C@@H]2OC(=O)CC)O[C@@H](C)[C@H]1OC(=O)CC. The van der Waals surface area contributed by atoms with Gasteiger partial charge in [0.25, 0.3) is 0 Å². The van der Waals surface area contributed by atoms with Gasteiger partial charge < -0.3 is 47.4 Å². The average molecular weight is 745 g/mol. The molecule has 52 heavy (non-hydrogen) atoms. The monoisotopic (exact) mass is 744 g/mol. The Bertz CT molecular complexity index is 1230. The molecule has 0 bridgehead atoms. The highest BCUT2D eigenvalue weighted by Gasteiger charge is 2.53. The van der Waals surface area contributed by atoms with Gasteiger partial charge in [0, 0.05) is 50.7 Å². The van der Waals surface area contributed by atoms with E-state index in [0.717, 1.165) is 0 Å². The molecule has 0 aromatic carbocycles. The van der Waals surface area contributed by atoms with Crippen LogP contribution in [0.25, 0.3) is 0 Å². The first-order chi connectivity index (χ1) is 24.6. The highest BCUT2D eigenvalue weighted by molar-refractivity contribution is 5.91. The van der Waals surface area contributed by atoms with E-state index in [0.29, 0.717) is 12.2 Å². The van der Waals surface area contributed by atoms with Crippen LogP contribution in [0.3, 0.4) is 0 Å². The van der Waals surface area contributed by atoms with E-state index < -0.39 is 109 Å². The Hall–Kier alpha value is -4.58. The molecule has 0 aromatic heterocycles. The van der Waals surface area contributed by atoms with Crippen molar-refractivity contribution in [3.8, 4) is 0 Å². The van der Waals surface area contributed by atoms with Crippen LogP contribution in [0.2, 0.25) is 0 Å². The Morgan fingerprint density at radius 1 is 0.385 bits per heavy atom. The molecule has 18 heteroatoms. The highest BCUT2D eigenvalue weighted by atomic mass is 16.8. The van der Waals surface area contributed by atoms with E-state index in [1.54, 1.807) is 13.8 Å². The lowest BCUT2D eigenvalue weighted by Gasteiger charge is -2.43. The van der Waals surface area contributed by atoms with Gasteiger partial charge in [0.1, 0.15) is 0 Å². The fourth-order valence-corrected chi connectivity index (χ4v) is 4.83. The molecule has 0 aliphatic carbocycles. The van der Waals surface area contributed by atoms with Crippen molar-refractivity contribution in [1.29, 1.82) is 0 Å². The first-order valence-corrected chi connectivity index (χ1v) is 17.2. The molecule has 292 valence electrons. The molecule has 0 spiro atoms. The maximum atomic E-state index is 13.0. The van der Waals surface area contributed by atoms with Crippen LogP contribution < -0.4 is 0 Å². The second kappa shape index (κ2) is 21.1. The van der Waals surface area contributed by atoms with Crippen molar-refractivity contribution in [2.75, 3.05) is 0 Å². The number of hydrogen-bond acceptors (Lipinski definition) is 18. The summed E-state index contributed by atoms with van der Waals surface area (Å²) in [6.07, 6.45) is -13.1. The fourth-order valence-electron chi connectivity index (χ4n) is 4.83. The number of carbonyl (C=O) groups is 8. The normalized spacial score (nSPS) is 28.5. The number of esters is 8. The molecule has 10 atom stereocenters. The zero-order valence-electron chi connectivity index (χ0n) is 30.5. The number of ether oxygens (including phenoxy) is 10. The molecule has 0 saturated carbocycles. The van der Waals surface area contributed by atoms with Gasteiger partial charge in [-0.3, -0.25) is 28.8 Å². The van der Waals surface area contributed by atoms with Crippen LogP contribution in [0.5, 0.6) is 0 Å². The predicted molar refractivity (Wildman–Crippen MR) is 171 cm³/mol. The third-order valence-corrected chi connectivity index (χ3v) is 7.61. The highest BCUT2D eigenvalue weighted by Crippen LogP contribution is 2.32. The van der Waals surface area contributed by atoms with Gasteiger partial charge in [-0.2, -0.15) is 0 Å². The molecule has 2 heterocycles. The van der Waals surface area contributed by atoms with Crippen LogP contribution >= 0.6 is 0 Å². The van der Waals surface area contributed by atoms with Gasteiger partial charge in [0.2, 0.25) is 24.8 Å². The lowest BCUT2D eigenvalue weighted by atomic mass is 9.98. The molecule has 2 saturated heterocycles. The number of carbonyl (C=O) groups excluding carboxylic acids is 8. The third-order valence-electron chi connectivity index (χ3n) is 7.61. The Kier molecular flexibility index (Phi) is 17.7. The summed E-state index contributed by atoms with van der Waals surface area (Å²) in [6.45, 7) is 12.0. The van der Waals surface area contributed by atoms with Gasteiger partial charge in [-0.1, -0.05) is 41.5 Å². The Morgan fingerprint density at radius 3 is 0.865 bits per heavy atom. The summed E-state index contributed by atoms with van der Waals surface area (Å²) in [5.74, 6) is -6.76. The molecule has 2 fully saturated rings. The molecule has 0 amide bonds. The van der Waals surface area contributed by atoms with E-state index in [2.05, 4.69) is 0 Å². The molecule has 0 N–H and O–H groups in total. The molecular formula is C34H48O18. The second-order valence-corrected chi connectivity index (χ2v) is 11.5. The van der Waals surface area contributed by atoms with Crippen molar-refractivity contribution in [3.05, 3.63) is 12.2 Å². The van der Waals surface area contributed by atoms with Gasteiger partial charge in [-0.15, -0.1) is 0 Å². The summed E-state index contributed by atoms with van der Waals surface area (Å²) < 4.78 is 54.9. The number of rotatable bonds is 16. The Labute approximate surface area is 301 Å². The van der Waals surface area contributed by atoms with E-state index in [-0.39, 0.29) is 38.5 Å². The van der Waals surface area contributed by atoms with Crippen LogP contribution in [0, 0.1) is 0 Å². The summed E-state index contributed by atoms with van der Waals surface area (Å²) in [4.78, 5) is 99.7. The van der Waals surface area contributed by atoms with Gasteiger partial charge in [-0.05, 0) is 13.8 Å². The molecular weight excluding hydrogens is 696 g/mol. The number of hydrogen-bond donors (Lipinski definition) is 0. The fraction of sp³-hybridized carbons (Fsp3) is 0.706. The Morgan fingerprint density at radius 2 is 0.615 bits per heavy atom. The zero-order valence-corrected chi connectivity index (χ0v) is 30.5. The summed E-state index contributed by atoms with van der Waals surface area (Å²) in [5.41, 5.74) is 0. The van der Waals surface area contributed by atoms with E-state index in [4.69, 9.17) is 47.4 Å². The standard InChI is InChI=1S/C34H48O18/c1-9-19(35)45-27-17(7)43-33(31(49-23(39)13-5)29(27)47-21(37)11-3)51-25(41)15-16-26(42)52-34-32(50-24(40)14-6)30(48-22(38)12-4)28(18(8)44-34)46-20(36)10-2/h15-18,27-34H,9-14H2,1-8H3/b16-15+/t17-,18-,27+,28+,29+,30+,31-,32-,33-,34-/m0/s1. The topological polar surface area (TPSA) is 229 Å². The van der Waals surface area contributed by atoms with Gasteiger partial charge >= 0.3 is 47.8 Å². The first kappa shape index (κ1) is 43.6. The summed E-state index contributed by atoms with van der Waals surface area (Å²) in [6, 6.07) is 0. The van der Waals surface area contributed by atoms with Crippen molar-refractivity contribution in [3.63, 3.8) is 0 Å². The maximum Gasteiger partial charge on any atom is 0.333 e. The van der Waals surface area contributed by atoms with Crippen molar-refractivity contribution in [2.24, 2.45) is 0 Å². The second-order valence-electron chi connectivity index (χ2n) is 11.5. The minimum absolute atomic E-state index is 0.0274. The minimum Gasteiger partial charge on any atom is -0.455 e. The van der Waals surface area contributed by atoms with Gasteiger partial charge in [0.15, 0.2) is 24.4 Å². The molecule has 2 aliphatic heterocycles. The van der Waals surface area contributed by atoms with Crippen LogP contribution in [-0.2, 0) is 85.7 Å². The van der Waals surface area contributed by atoms with Gasteiger partial charge in [0.05, 0.1) is 12.2 Å². The average Bonchev–Trinajstić information content (AvgIpc) is 3.12. The quantitative estimate of drug-likeness (QED) is 0.125. The molecule has 0 radical (unpaired) electrons. The van der Waals surface area contributed by atoms with E-state index >= 15 is 0 Å². The van der Waals surface area contributed by atoms with E-state index in [9.17, 15) is 38.4 Å². The predicted octanol–water partition coefficient (Wildman–Crippen LogP) is 2.05. The Balaban J connectivity index is 2.33. The van der Waals surface area contributed by atoms with Crippen molar-refractivity contribution < 1.29 is 85.7 Å². The van der Waals surface area contributed by atoms with Crippen molar-refractivity contribution in [2.45, 2.75) is 155 Å². The van der Waals surface area contributed by atoms with E-state index in [1.807, 2.05) is 0 Å². The minimum atomic E-state index is -1.69. The van der Waals surface area contributed by atoms with Crippen LogP contribution in [0.15, 0.2) is 12.2 Å². The smallest absolute Gasteiger partial charge is 0.333 e. The molecule has 2 rings (SSSR count). The maximum absolute atomic E-state index is 13.0.